The van der Waals surface area contributed by atoms with Crippen LogP contribution in [0, 0.1) is 0 Å². The first kappa shape index (κ1) is 20.2. The van der Waals surface area contributed by atoms with Crippen LogP contribution >= 0.6 is 7.82 Å². The van der Waals surface area contributed by atoms with Crippen molar-refractivity contribution in [2.45, 2.75) is 6.92 Å². The first-order valence-corrected chi connectivity index (χ1v) is 4.62. The Kier molecular flexibility index (Phi) is 16.9. The van der Waals surface area contributed by atoms with E-state index in [9.17, 15) is 9.90 Å². The van der Waals surface area contributed by atoms with Gasteiger partial charge in [0.25, 0.3) is 0 Å². The van der Waals surface area contributed by atoms with Gasteiger partial charge in [0, 0.05) is 0 Å². The summed E-state index contributed by atoms with van der Waals surface area (Å²) in [4.78, 5) is 31.2. The third-order valence-electron chi connectivity index (χ3n) is 0.536. The van der Waals surface area contributed by atoms with Crippen molar-refractivity contribution < 1.29 is 80.5 Å². The second-order valence-corrected chi connectivity index (χ2v) is 2.74. The molecular formula is C6H10KO6P. The van der Waals surface area contributed by atoms with Crippen LogP contribution in [-0.4, -0.2) is 20.6 Å². The van der Waals surface area contributed by atoms with Crippen molar-refractivity contribution in [3.8, 4) is 0 Å². The molecule has 0 radical (unpaired) electrons. The molecule has 0 spiro atoms. The van der Waals surface area contributed by atoms with Gasteiger partial charge in [-0.25, -0.2) is 4.57 Å². The molecule has 0 saturated carbocycles. The first-order chi connectivity index (χ1) is 5.77. The van der Waals surface area contributed by atoms with Crippen molar-refractivity contribution in [3.05, 3.63) is 24.3 Å². The minimum absolute atomic E-state index is 0. The molecule has 6 nitrogen and oxygen atoms in total. The molecule has 0 bridgehead atoms. The van der Waals surface area contributed by atoms with E-state index < -0.39 is 13.8 Å². The molecule has 0 heterocycles. The molecule has 0 atom stereocenters. The van der Waals surface area contributed by atoms with Crippen LogP contribution in [0.15, 0.2) is 24.3 Å². The fourth-order valence-corrected chi connectivity index (χ4v) is 0.245. The van der Waals surface area contributed by atoms with Gasteiger partial charge in [-0.1, -0.05) is 18.2 Å². The summed E-state index contributed by atoms with van der Waals surface area (Å²) < 4.78 is 8.88. The van der Waals surface area contributed by atoms with E-state index in [-0.39, 0.29) is 51.4 Å². The molecule has 0 saturated heterocycles. The number of carbonyl (C=O) groups excluding carboxylic acids is 1. The van der Waals surface area contributed by atoms with Gasteiger partial charge in [-0.05, 0) is 13.0 Å². The van der Waals surface area contributed by atoms with Crippen LogP contribution in [0.25, 0.3) is 0 Å². The quantitative estimate of drug-likeness (QED) is 0.198. The van der Waals surface area contributed by atoms with Crippen LogP contribution in [0.1, 0.15) is 6.92 Å². The number of carboxylic acids is 1. The third-order valence-corrected chi connectivity index (χ3v) is 0.536. The smallest absolute Gasteiger partial charge is 0.545 e. The van der Waals surface area contributed by atoms with Gasteiger partial charge >= 0.3 is 59.2 Å². The maximum Gasteiger partial charge on any atom is 1.00 e. The molecule has 0 unspecified atom stereocenters. The monoisotopic (exact) mass is 248 g/mol. The maximum absolute atomic E-state index is 9.64. The zero-order chi connectivity index (χ0) is 10.9. The predicted octanol–water partition coefficient (Wildman–Crippen LogP) is -4.06. The summed E-state index contributed by atoms with van der Waals surface area (Å²) in [6.45, 7) is 1.81. The molecule has 0 aromatic rings. The summed E-state index contributed by atoms with van der Waals surface area (Å²) in [5, 5.41) is 9.64. The fraction of sp³-hybridized carbons (Fsp3) is 0.167. The predicted molar refractivity (Wildman–Crippen MR) is 43.2 cm³/mol. The van der Waals surface area contributed by atoms with E-state index >= 15 is 0 Å². The number of hydrogen-bond acceptors (Lipinski definition) is 3. The Hall–Kier alpha value is 0.696. The van der Waals surface area contributed by atoms with Crippen LogP contribution in [0.2, 0.25) is 0 Å². The molecule has 0 rings (SSSR count). The molecule has 0 aromatic carbocycles. The number of carbonyl (C=O) groups is 1. The Labute approximate surface area is 124 Å². The van der Waals surface area contributed by atoms with Gasteiger partial charge in [0.1, 0.15) is 0 Å². The Bertz CT molecular complexity index is 234. The number of aliphatic carboxylic acids is 1. The second kappa shape index (κ2) is 11.8. The molecule has 0 aliphatic carbocycles. The van der Waals surface area contributed by atoms with E-state index in [1.54, 1.807) is 19.1 Å². The number of allylic oxidation sites excluding steroid dienone is 3. The second-order valence-electron chi connectivity index (χ2n) is 1.72. The summed E-state index contributed by atoms with van der Waals surface area (Å²) in [5.41, 5.74) is 0. The molecule has 0 amide bonds. The van der Waals surface area contributed by atoms with E-state index in [0.717, 1.165) is 6.08 Å². The van der Waals surface area contributed by atoms with E-state index in [2.05, 4.69) is 0 Å². The molecule has 0 aliphatic heterocycles. The zero-order valence-electron chi connectivity index (χ0n) is 7.82. The molecule has 14 heavy (non-hydrogen) atoms. The van der Waals surface area contributed by atoms with Gasteiger partial charge in [0.05, 0.1) is 5.97 Å². The summed E-state index contributed by atoms with van der Waals surface area (Å²) in [5.74, 6) is -1.16. The van der Waals surface area contributed by atoms with Gasteiger partial charge in [0.2, 0.25) is 0 Å². The van der Waals surface area contributed by atoms with Crippen molar-refractivity contribution in [3.63, 3.8) is 0 Å². The number of hydrogen-bond donors (Lipinski definition) is 3. The molecule has 0 aliphatic rings. The first-order valence-electron chi connectivity index (χ1n) is 3.06. The molecule has 76 valence electrons. The molecular weight excluding hydrogens is 238 g/mol. The number of carboxylic acid groups (broad SMARTS) is 1. The van der Waals surface area contributed by atoms with E-state index in [0.29, 0.717) is 0 Å². The van der Waals surface area contributed by atoms with Gasteiger partial charge in [-0.3, -0.25) is 0 Å². The maximum atomic E-state index is 9.64. The summed E-state index contributed by atoms with van der Waals surface area (Å²) in [6, 6.07) is 0. The molecule has 3 N–H and O–H groups in total. The Morgan fingerprint density at radius 2 is 1.64 bits per heavy atom. The van der Waals surface area contributed by atoms with Gasteiger partial charge in [-0.2, -0.15) is 0 Å². The Balaban J connectivity index is -0.000000177. The topological polar surface area (TPSA) is 118 Å². The van der Waals surface area contributed by atoms with Gasteiger partial charge < -0.3 is 24.6 Å². The largest absolute Gasteiger partial charge is 1.00 e. The summed E-state index contributed by atoms with van der Waals surface area (Å²) >= 11 is 0. The van der Waals surface area contributed by atoms with Crippen molar-refractivity contribution >= 4 is 13.8 Å². The Morgan fingerprint density at radius 1 is 1.29 bits per heavy atom. The van der Waals surface area contributed by atoms with Crippen LogP contribution in [0.5, 0.6) is 0 Å². The van der Waals surface area contributed by atoms with Crippen LogP contribution in [0.4, 0.5) is 0 Å². The summed E-state index contributed by atoms with van der Waals surface area (Å²) in [7, 11) is -4.64. The van der Waals surface area contributed by atoms with Crippen molar-refractivity contribution in [2.24, 2.45) is 0 Å². The minimum Gasteiger partial charge on any atom is -0.545 e. The minimum atomic E-state index is -4.64. The number of rotatable bonds is 2. The standard InChI is InChI=1S/C6H8O2.K.H3O4P/c1-2-3-4-5-6(7)8;;1-5(2,3)4/h2-5H,1H3,(H,7,8);;(H3,1,2,3,4)/q;+1;/p-1. The van der Waals surface area contributed by atoms with Crippen molar-refractivity contribution in [1.29, 1.82) is 0 Å². The van der Waals surface area contributed by atoms with Crippen LogP contribution < -0.4 is 56.5 Å². The normalized spacial score (nSPS) is 10.6. The van der Waals surface area contributed by atoms with Crippen LogP contribution in [0.3, 0.4) is 0 Å². The van der Waals surface area contributed by atoms with E-state index in [4.69, 9.17) is 19.2 Å². The van der Waals surface area contributed by atoms with E-state index in [1.807, 2.05) is 0 Å². The number of phosphoric acid groups is 1. The average molecular weight is 248 g/mol. The molecule has 8 heteroatoms. The SMILES string of the molecule is CC=CC=CC(=O)[O-].O=P(O)(O)O.[K+]. The van der Waals surface area contributed by atoms with E-state index in [1.165, 1.54) is 6.08 Å². The molecule has 0 aromatic heterocycles. The third kappa shape index (κ3) is 53.5. The Morgan fingerprint density at radius 3 is 1.86 bits per heavy atom. The zero-order valence-corrected chi connectivity index (χ0v) is 11.8. The van der Waals surface area contributed by atoms with Crippen LogP contribution in [-0.2, 0) is 9.36 Å². The van der Waals surface area contributed by atoms with Gasteiger partial charge in [-0.15, -0.1) is 0 Å². The van der Waals surface area contributed by atoms with Gasteiger partial charge in [0.15, 0.2) is 0 Å². The summed E-state index contributed by atoms with van der Waals surface area (Å²) in [6.07, 6.45) is 5.74. The fourth-order valence-electron chi connectivity index (χ4n) is 0.245. The molecule has 0 fully saturated rings. The average Bonchev–Trinajstić information content (AvgIpc) is 1.83. The van der Waals surface area contributed by atoms with Crippen molar-refractivity contribution in [2.75, 3.05) is 0 Å². The van der Waals surface area contributed by atoms with Crippen molar-refractivity contribution in [1.82, 2.24) is 0 Å².